The van der Waals surface area contributed by atoms with Gasteiger partial charge in [0, 0.05) is 6.61 Å². The quantitative estimate of drug-likeness (QED) is 0.654. The molecule has 1 unspecified atom stereocenters. The molecule has 84 valence electrons. The van der Waals surface area contributed by atoms with E-state index in [-0.39, 0.29) is 0 Å². The van der Waals surface area contributed by atoms with Crippen LogP contribution in [0.3, 0.4) is 0 Å². The second kappa shape index (κ2) is 5.75. The van der Waals surface area contributed by atoms with Gasteiger partial charge in [-0.25, -0.2) is 0 Å². The van der Waals surface area contributed by atoms with Crippen LogP contribution in [0.1, 0.15) is 53.4 Å². The highest BCUT2D eigenvalue weighted by Crippen LogP contribution is 2.35. The van der Waals surface area contributed by atoms with Gasteiger partial charge in [-0.1, -0.05) is 27.7 Å². The molecule has 1 saturated carbocycles. The molecule has 0 spiro atoms. The molecule has 2 rings (SSSR count). The van der Waals surface area contributed by atoms with Crippen LogP contribution in [0.5, 0.6) is 0 Å². The van der Waals surface area contributed by atoms with Gasteiger partial charge in [0.05, 0.1) is 6.10 Å². The van der Waals surface area contributed by atoms with Crippen molar-refractivity contribution in [3.05, 3.63) is 0 Å². The number of hydrogen-bond donors (Lipinski definition) is 0. The van der Waals surface area contributed by atoms with Crippen molar-refractivity contribution in [2.75, 3.05) is 6.61 Å². The van der Waals surface area contributed by atoms with Crippen molar-refractivity contribution < 1.29 is 4.74 Å². The summed E-state index contributed by atoms with van der Waals surface area (Å²) in [5, 5.41) is 0. The molecular formula is C13H26O. The minimum atomic E-state index is 0.565. The fourth-order valence-corrected chi connectivity index (χ4v) is 1.89. The molecule has 0 radical (unpaired) electrons. The van der Waals surface area contributed by atoms with Gasteiger partial charge in [-0.05, 0) is 43.4 Å². The van der Waals surface area contributed by atoms with E-state index in [1.165, 1.54) is 25.7 Å². The Morgan fingerprint density at radius 1 is 0.929 bits per heavy atom. The Labute approximate surface area is 89.2 Å². The Morgan fingerprint density at radius 3 is 1.71 bits per heavy atom. The third-order valence-corrected chi connectivity index (χ3v) is 3.27. The third-order valence-electron chi connectivity index (χ3n) is 3.27. The van der Waals surface area contributed by atoms with Crippen LogP contribution in [0.25, 0.3) is 0 Å². The van der Waals surface area contributed by atoms with Gasteiger partial charge in [0.15, 0.2) is 0 Å². The van der Waals surface area contributed by atoms with Gasteiger partial charge in [0.2, 0.25) is 0 Å². The summed E-state index contributed by atoms with van der Waals surface area (Å²) in [6.07, 6.45) is 6.10. The fraction of sp³-hybridized carbons (Fsp3) is 1.00. The zero-order valence-corrected chi connectivity index (χ0v) is 10.3. The Balaban J connectivity index is 0.000000146. The van der Waals surface area contributed by atoms with Crippen molar-refractivity contribution in [1.82, 2.24) is 0 Å². The van der Waals surface area contributed by atoms with Crippen LogP contribution >= 0.6 is 0 Å². The maximum Gasteiger partial charge on any atom is 0.0598 e. The van der Waals surface area contributed by atoms with E-state index in [2.05, 4.69) is 27.7 Å². The maximum atomic E-state index is 5.41. The predicted octanol–water partition coefficient (Wildman–Crippen LogP) is 3.87. The summed E-state index contributed by atoms with van der Waals surface area (Å²) >= 11 is 0. The summed E-state index contributed by atoms with van der Waals surface area (Å²) in [4.78, 5) is 0. The molecule has 1 heteroatoms. The van der Waals surface area contributed by atoms with E-state index in [1.807, 2.05) is 0 Å². The van der Waals surface area contributed by atoms with E-state index in [0.29, 0.717) is 6.10 Å². The fourth-order valence-electron chi connectivity index (χ4n) is 1.89. The summed E-state index contributed by atoms with van der Waals surface area (Å²) in [6.45, 7) is 10.0. The van der Waals surface area contributed by atoms with Gasteiger partial charge in [0.25, 0.3) is 0 Å². The molecule has 1 aliphatic carbocycles. The molecule has 14 heavy (non-hydrogen) atoms. The Kier molecular flexibility index (Phi) is 4.94. The smallest absolute Gasteiger partial charge is 0.0598 e. The summed E-state index contributed by atoms with van der Waals surface area (Å²) < 4.78 is 5.41. The molecule has 0 aromatic rings. The molecule has 1 saturated heterocycles. The molecule has 0 bridgehead atoms. The predicted molar refractivity (Wildman–Crippen MR) is 61.4 cm³/mol. The van der Waals surface area contributed by atoms with Crippen LogP contribution in [-0.2, 0) is 4.74 Å². The number of rotatable bonds is 2. The van der Waals surface area contributed by atoms with E-state index in [1.54, 1.807) is 0 Å². The monoisotopic (exact) mass is 198 g/mol. The lowest BCUT2D eigenvalue weighted by Gasteiger charge is -2.11. The number of ether oxygens (including phenoxy) is 1. The molecule has 1 nitrogen and oxygen atoms in total. The molecule has 2 aliphatic rings. The van der Waals surface area contributed by atoms with E-state index in [9.17, 15) is 0 Å². The molecule has 1 heterocycles. The van der Waals surface area contributed by atoms with E-state index < -0.39 is 0 Å². The summed E-state index contributed by atoms with van der Waals surface area (Å²) in [5.74, 6) is 2.78. The standard InChI is InChI=1S/C7H14O.C6H12/c1-6(2)7-4-3-5-8-7;1-5(2)6-3-4-6/h6-7H,3-5H2,1-2H3;5-6H,3-4H2,1-2H3. The minimum Gasteiger partial charge on any atom is -0.378 e. The lowest BCUT2D eigenvalue weighted by molar-refractivity contribution is 0.0758. The first-order valence-electron chi connectivity index (χ1n) is 6.23. The zero-order valence-electron chi connectivity index (χ0n) is 10.3. The second-order valence-electron chi connectivity index (χ2n) is 5.38. The molecule has 1 aliphatic heterocycles. The highest BCUT2D eigenvalue weighted by Gasteiger charge is 2.23. The Bertz CT molecular complexity index is 141. The van der Waals surface area contributed by atoms with E-state index in [0.717, 1.165) is 24.4 Å². The average Bonchev–Trinajstić information content (AvgIpc) is 2.82. The third kappa shape index (κ3) is 4.45. The van der Waals surface area contributed by atoms with Gasteiger partial charge in [0.1, 0.15) is 0 Å². The number of hydrogen-bond acceptors (Lipinski definition) is 1. The first-order valence-corrected chi connectivity index (χ1v) is 6.23. The second-order valence-corrected chi connectivity index (χ2v) is 5.38. The molecule has 0 amide bonds. The topological polar surface area (TPSA) is 9.23 Å². The van der Waals surface area contributed by atoms with Crippen molar-refractivity contribution in [3.8, 4) is 0 Å². The lowest BCUT2D eigenvalue weighted by Crippen LogP contribution is -2.12. The molecule has 2 fully saturated rings. The minimum absolute atomic E-state index is 0.565. The zero-order chi connectivity index (χ0) is 10.6. The van der Waals surface area contributed by atoms with Gasteiger partial charge >= 0.3 is 0 Å². The largest absolute Gasteiger partial charge is 0.378 e. The first-order chi connectivity index (χ1) is 6.61. The van der Waals surface area contributed by atoms with Crippen molar-refractivity contribution in [2.45, 2.75) is 59.5 Å². The van der Waals surface area contributed by atoms with Gasteiger partial charge in [-0.3, -0.25) is 0 Å². The highest BCUT2D eigenvalue weighted by atomic mass is 16.5. The van der Waals surface area contributed by atoms with Crippen LogP contribution in [0.4, 0.5) is 0 Å². The van der Waals surface area contributed by atoms with Gasteiger partial charge in [-0.15, -0.1) is 0 Å². The summed E-state index contributed by atoms with van der Waals surface area (Å²) in [7, 11) is 0. The average molecular weight is 198 g/mol. The van der Waals surface area contributed by atoms with Crippen molar-refractivity contribution >= 4 is 0 Å². The van der Waals surface area contributed by atoms with Gasteiger partial charge < -0.3 is 4.74 Å². The lowest BCUT2D eigenvalue weighted by atomic mass is 10.1. The summed E-state index contributed by atoms with van der Waals surface area (Å²) in [6, 6.07) is 0. The highest BCUT2D eigenvalue weighted by molar-refractivity contribution is 4.75. The van der Waals surface area contributed by atoms with Crippen LogP contribution in [-0.4, -0.2) is 12.7 Å². The molecule has 0 N–H and O–H groups in total. The Morgan fingerprint density at radius 2 is 1.57 bits per heavy atom. The van der Waals surface area contributed by atoms with Crippen molar-refractivity contribution in [1.29, 1.82) is 0 Å². The van der Waals surface area contributed by atoms with Crippen LogP contribution in [0.2, 0.25) is 0 Å². The maximum absolute atomic E-state index is 5.41. The molecular weight excluding hydrogens is 172 g/mol. The first kappa shape index (κ1) is 12.0. The van der Waals surface area contributed by atoms with Gasteiger partial charge in [-0.2, -0.15) is 0 Å². The van der Waals surface area contributed by atoms with E-state index >= 15 is 0 Å². The van der Waals surface area contributed by atoms with Crippen molar-refractivity contribution in [3.63, 3.8) is 0 Å². The van der Waals surface area contributed by atoms with Crippen LogP contribution in [0, 0.1) is 17.8 Å². The molecule has 0 aromatic heterocycles. The van der Waals surface area contributed by atoms with E-state index in [4.69, 9.17) is 4.74 Å². The Hall–Kier alpha value is -0.0400. The molecule has 1 atom stereocenters. The summed E-state index contributed by atoms with van der Waals surface area (Å²) in [5.41, 5.74) is 0. The normalized spacial score (nSPS) is 26.6. The van der Waals surface area contributed by atoms with Crippen molar-refractivity contribution in [2.24, 2.45) is 17.8 Å². The molecule has 0 aromatic carbocycles. The van der Waals surface area contributed by atoms with Crippen LogP contribution < -0.4 is 0 Å². The van der Waals surface area contributed by atoms with Crippen LogP contribution in [0.15, 0.2) is 0 Å². The SMILES string of the molecule is CC(C)C1CC1.CC(C)C1CCCO1.